The summed E-state index contributed by atoms with van der Waals surface area (Å²) in [6.45, 7) is 1.92. The molecule has 0 unspecified atom stereocenters. The molecule has 2 aromatic rings. The summed E-state index contributed by atoms with van der Waals surface area (Å²) in [7, 11) is 1.49. The maximum Gasteiger partial charge on any atom is 0.254 e. The molecular formula is C16H18FN3O4. The third-order valence-electron chi connectivity index (χ3n) is 3.15. The van der Waals surface area contributed by atoms with Gasteiger partial charge in [0.15, 0.2) is 5.82 Å². The number of carbonyl (C=O) groups excluding carboxylic acids is 2. The van der Waals surface area contributed by atoms with Crippen LogP contribution in [0, 0.1) is 12.7 Å². The number of halogens is 1. The minimum absolute atomic E-state index is 0.163. The quantitative estimate of drug-likeness (QED) is 0.835. The highest BCUT2D eigenvalue weighted by atomic mass is 19.1. The number of nitrogens with zero attached hydrogens (tertiary/aromatic N) is 2. The van der Waals surface area contributed by atoms with Gasteiger partial charge in [0, 0.05) is 25.3 Å². The van der Waals surface area contributed by atoms with Crippen molar-refractivity contribution in [1.82, 2.24) is 10.1 Å². The standard InChI is InChI=1S/C16H18FN3O4/c1-11-8-14(19-24-11)18-15(21)10-20(6-7-23-2)16(22)12-4-3-5-13(17)9-12/h3-5,8-9H,6-7,10H2,1-2H3,(H,18,19,21). The molecule has 1 heterocycles. The first-order valence-electron chi connectivity index (χ1n) is 7.26. The Labute approximate surface area is 138 Å². The van der Waals surface area contributed by atoms with Gasteiger partial charge >= 0.3 is 0 Å². The fraction of sp³-hybridized carbons (Fsp3) is 0.312. The molecule has 1 aromatic carbocycles. The molecule has 7 nitrogen and oxygen atoms in total. The summed E-state index contributed by atoms with van der Waals surface area (Å²) in [6, 6.07) is 6.86. The van der Waals surface area contributed by atoms with Crippen LogP contribution < -0.4 is 5.32 Å². The molecule has 0 aliphatic heterocycles. The van der Waals surface area contributed by atoms with E-state index in [0.29, 0.717) is 5.76 Å². The van der Waals surface area contributed by atoms with Gasteiger partial charge in [-0.05, 0) is 25.1 Å². The smallest absolute Gasteiger partial charge is 0.254 e. The molecule has 0 bridgehead atoms. The lowest BCUT2D eigenvalue weighted by molar-refractivity contribution is -0.117. The first-order valence-corrected chi connectivity index (χ1v) is 7.26. The zero-order valence-corrected chi connectivity index (χ0v) is 13.4. The average Bonchev–Trinajstić information content (AvgIpc) is 2.95. The summed E-state index contributed by atoms with van der Waals surface area (Å²) in [5, 5.41) is 6.19. The topological polar surface area (TPSA) is 84.7 Å². The molecule has 0 aliphatic carbocycles. The predicted molar refractivity (Wildman–Crippen MR) is 84.0 cm³/mol. The molecule has 1 N–H and O–H groups in total. The second-order valence-corrected chi connectivity index (χ2v) is 5.10. The molecule has 0 saturated carbocycles. The molecule has 24 heavy (non-hydrogen) atoms. The van der Waals surface area contributed by atoms with Crippen LogP contribution in [0.2, 0.25) is 0 Å². The molecule has 0 spiro atoms. The zero-order valence-electron chi connectivity index (χ0n) is 13.4. The first kappa shape index (κ1) is 17.6. The van der Waals surface area contributed by atoms with Crippen LogP contribution in [-0.4, -0.2) is 48.7 Å². The second-order valence-electron chi connectivity index (χ2n) is 5.10. The number of anilines is 1. The van der Waals surface area contributed by atoms with Gasteiger partial charge < -0.3 is 19.5 Å². The number of carbonyl (C=O) groups is 2. The van der Waals surface area contributed by atoms with E-state index in [2.05, 4.69) is 10.5 Å². The summed E-state index contributed by atoms with van der Waals surface area (Å²) >= 11 is 0. The van der Waals surface area contributed by atoms with Gasteiger partial charge in [0.2, 0.25) is 5.91 Å². The van der Waals surface area contributed by atoms with Crippen LogP contribution in [0.15, 0.2) is 34.9 Å². The Balaban J connectivity index is 2.06. The minimum Gasteiger partial charge on any atom is -0.383 e. The summed E-state index contributed by atoms with van der Waals surface area (Å²) in [5.74, 6) is -0.600. The molecule has 2 rings (SSSR count). The molecule has 0 saturated heterocycles. The van der Waals surface area contributed by atoms with Gasteiger partial charge in [-0.25, -0.2) is 4.39 Å². The van der Waals surface area contributed by atoms with E-state index in [9.17, 15) is 14.0 Å². The summed E-state index contributed by atoms with van der Waals surface area (Å²) in [6.07, 6.45) is 0. The highest BCUT2D eigenvalue weighted by Gasteiger charge is 2.19. The third kappa shape index (κ3) is 4.88. The highest BCUT2D eigenvalue weighted by Crippen LogP contribution is 2.10. The number of methoxy groups -OCH3 is 1. The van der Waals surface area contributed by atoms with Crippen molar-refractivity contribution in [3.63, 3.8) is 0 Å². The van der Waals surface area contributed by atoms with E-state index in [-0.39, 0.29) is 31.1 Å². The Bertz CT molecular complexity index is 717. The van der Waals surface area contributed by atoms with E-state index in [0.717, 1.165) is 6.07 Å². The first-order chi connectivity index (χ1) is 11.5. The number of hydrogen-bond donors (Lipinski definition) is 1. The van der Waals surface area contributed by atoms with Crippen LogP contribution in [0.5, 0.6) is 0 Å². The van der Waals surface area contributed by atoms with Crippen LogP contribution in [0.1, 0.15) is 16.1 Å². The van der Waals surface area contributed by atoms with Gasteiger partial charge in [0.25, 0.3) is 5.91 Å². The third-order valence-corrected chi connectivity index (χ3v) is 3.15. The molecular weight excluding hydrogens is 317 g/mol. The van der Waals surface area contributed by atoms with Gasteiger partial charge in [0.05, 0.1) is 6.61 Å². The lowest BCUT2D eigenvalue weighted by atomic mass is 10.2. The summed E-state index contributed by atoms with van der Waals surface area (Å²) in [4.78, 5) is 25.9. The fourth-order valence-corrected chi connectivity index (χ4v) is 2.04. The van der Waals surface area contributed by atoms with Crippen LogP contribution in [0.3, 0.4) is 0 Å². The van der Waals surface area contributed by atoms with Crippen molar-refractivity contribution in [1.29, 1.82) is 0 Å². The lowest BCUT2D eigenvalue weighted by Gasteiger charge is -2.21. The van der Waals surface area contributed by atoms with E-state index in [4.69, 9.17) is 9.26 Å². The number of benzene rings is 1. The Morgan fingerprint density at radius 3 is 2.79 bits per heavy atom. The van der Waals surface area contributed by atoms with Crippen molar-refractivity contribution < 1.29 is 23.2 Å². The molecule has 0 radical (unpaired) electrons. The van der Waals surface area contributed by atoms with Gasteiger partial charge in [-0.1, -0.05) is 11.2 Å². The number of nitrogens with one attached hydrogen (secondary N) is 1. The Hall–Kier alpha value is -2.74. The monoisotopic (exact) mass is 335 g/mol. The van der Waals surface area contributed by atoms with Crippen molar-refractivity contribution in [2.75, 3.05) is 32.1 Å². The molecule has 8 heteroatoms. The average molecular weight is 335 g/mol. The molecule has 0 fully saturated rings. The molecule has 0 aliphatic rings. The maximum absolute atomic E-state index is 13.3. The van der Waals surface area contributed by atoms with E-state index >= 15 is 0 Å². The molecule has 0 atom stereocenters. The van der Waals surface area contributed by atoms with Crippen molar-refractivity contribution in [2.24, 2.45) is 0 Å². The molecule has 128 valence electrons. The van der Waals surface area contributed by atoms with Crippen LogP contribution in [0.4, 0.5) is 10.2 Å². The SMILES string of the molecule is COCCN(CC(=O)Nc1cc(C)on1)C(=O)c1cccc(F)c1. The second kappa shape index (κ2) is 8.21. The Morgan fingerprint density at radius 2 is 2.17 bits per heavy atom. The molecule has 2 amide bonds. The van der Waals surface area contributed by atoms with Crippen LogP contribution >= 0.6 is 0 Å². The van der Waals surface area contributed by atoms with Gasteiger partial charge in [0.1, 0.15) is 18.1 Å². The Morgan fingerprint density at radius 1 is 1.38 bits per heavy atom. The van der Waals surface area contributed by atoms with E-state index in [1.54, 1.807) is 13.0 Å². The van der Waals surface area contributed by atoms with Gasteiger partial charge in [-0.15, -0.1) is 0 Å². The van der Waals surface area contributed by atoms with E-state index in [1.165, 1.54) is 30.2 Å². The number of aromatic nitrogens is 1. The van der Waals surface area contributed by atoms with Crippen molar-refractivity contribution >= 4 is 17.6 Å². The highest BCUT2D eigenvalue weighted by molar-refractivity contribution is 5.99. The number of ether oxygens (including phenoxy) is 1. The number of amides is 2. The van der Waals surface area contributed by atoms with E-state index < -0.39 is 17.6 Å². The minimum atomic E-state index is -0.518. The number of rotatable bonds is 7. The predicted octanol–water partition coefficient (Wildman–Crippen LogP) is 1.85. The van der Waals surface area contributed by atoms with Crippen LogP contribution in [-0.2, 0) is 9.53 Å². The number of aryl methyl sites for hydroxylation is 1. The lowest BCUT2D eigenvalue weighted by Crippen LogP contribution is -2.40. The fourth-order valence-electron chi connectivity index (χ4n) is 2.04. The van der Waals surface area contributed by atoms with Crippen LogP contribution in [0.25, 0.3) is 0 Å². The normalized spacial score (nSPS) is 10.5. The van der Waals surface area contributed by atoms with Crippen molar-refractivity contribution in [2.45, 2.75) is 6.92 Å². The van der Waals surface area contributed by atoms with E-state index in [1.807, 2.05) is 0 Å². The van der Waals surface area contributed by atoms with Crippen molar-refractivity contribution in [3.8, 4) is 0 Å². The maximum atomic E-state index is 13.3. The Kier molecular flexibility index (Phi) is 6.02. The summed E-state index contributed by atoms with van der Waals surface area (Å²) in [5.41, 5.74) is 0.163. The summed E-state index contributed by atoms with van der Waals surface area (Å²) < 4.78 is 23.1. The largest absolute Gasteiger partial charge is 0.383 e. The van der Waals surface area contributed by atoms with Gasteiger partial charge in [-0.3, -0.25) is 9.59 Å². The van der Waals surface area contributed by atoms with Crippen molar-refractivity contribution in [3.05, 3.63) is 47.5 Å². The number of hydrogen-bond acceptors (Lipinski definition) is 5. The molecule has 1 aromatic heterocycles. The van der Waals surface area contributed by atoms with Gasteiger partial charge in [-0.2, -0.15) is 0 Å². The zero-order chi connectivity index (χ0) is 17.5.